The minimum absolute atomic E-state index is 0.622. The number of terminal acetylenes is 1. The van der Waals surface area contributed by atoms with Crippen molar-refractivity contribution in [2.24, 2.45) is 10.7 Å². The Hall–Kier alpha value is -1.51. The first kappa shape index (κ1) is 12.9. The van der Waals surface area contributed by atoms with Gasteiger partial charge in [0.25, 0.3) is 0 Å². The summed E-state index contributed by atoms with van der Waals surface area (Å²) in [6, 6.07) is 2.83. The Morgan fingerprint density at radius 1 is 1.39 bits per heavy atom. The van der Waals surface area contributed by atoms with Crippen LogP contribution in [0.1, 0.15) is 6.92 Å². The molecule has 0 saturated carbocycles. The average molecular weight is 248 g/mol. The molecule has 2 aliphatic heterocycles. The SMILES string of the molecule is C#C/N=C\C(N)=C(/C)N1CCN(C2COC2)CC1. The third kappa shape index (κ3) is 2.84. The Morgan fingerprint density at radius 3 is 2.56 bits per heavy atom. The van der Waals surface area contributed by atoms with Crippen molar-refractivity contribution in [1.29, 1.82) is 0 Å². The second kappa shape index (κ2) is 5.89. The largest absolute Gasteiger partial charge is 0.396 e. The molecule has 0 atom stereocenters. The van der Waals surface area contributed by atoms with Crippen molar-refractivity contribution in [3.8, 4) is 12.5 Å². The molecule has 98 valence electrons. The van der Waals surface area contributed by atoms with Crippen molar-refractivity contribution in [3.63, 3.8) is 0 Å². The van der Waals surface area contributed by atoms with E-state index in [0.29, 0.717) is 11.7 Å². The zero-order valence-corrected chi connectivity index (χ0v) is 10.8. The number of ether oxygens (including phenoxy) is 1. The van der Waals surface area contributed by atoms with Crippen LogP contribution >= 0.6 is 0 Å². The van der Waals surface area contributed by atoms with Crippen LogP contribution in [0.4, 0.5) is 0 Å². The minimum Gasteiger partial charge on any atom is -0.396 e. The van der Waals surface area contributed by atoms with Crippen molar-refractivity contribution in [3.05, 3.63) is 11.4 Å². The molecule has 2 fully saturated rings. The highest BCUT2D eigenvalue weighted by molar-refractivity contribution is 5.78. The topological polar surface area (TPSA) is 54.1 Å². The lowest BCUT2D eigenvalue weighted by atomic mass is 10.1. The summed E-state index contributed by atoms with van der Waals surface area (Å²) >= 11 is 0. The first-order valence-corrected chi connectivity index (χ1v) is 6.24. The maximum absolute atomic E-state index is 5.93. The van der Waals surface area contributed by atoms with Crippen LogP contribution in [-0.2, 0) is 4.74 Å². The van der Waals surface area contributed by atoms with E-state index in [0.717, 1.165) is 45.1 Å². The zero-order valence-electron chi connectivity index (χ0n) is 10.8. The third-order valence-electron chi connectivity index (χ3n) is 3.62. The van der Waals surface area contributed by atoms with Crippen molar-refractivity contribution >= 4 is 6.21 Å². The van der Waals surface area contributed by atoms with Gasteiger partial charge in [0.2, 0.25) is 0 Å². The van der Waals surface area contributed by atoms with E-state index in [1.165, 1.54) is 0 Å². The standard InChI is InChI=1S/C13H20N4O/c1-3-15-8-13(14)11(2)16-4-6-17(7-5-16)12-9-18-10-12/h1,8,12H,4-7,9-10,14H2,2H3/b13-11-,15-8-. The van der Waals surface area contributed by atoms with Crippen LogP contribution in [0.25, 0.3) is 0 Å². The Kier molecular flexibility index (Phi) is 4.24. The molecule has 2 rings (SSSR count). The third-order valence-corrected chi connectivity index (χ3v) is 3.62. The van der Waals surface area contributed by atoms with Gasteiger partial charge in [0.05, 0.1) is 31.2 Å². The van der Waals surface area contributed by atoms with Crippen molar-refractivity contribution in [2.45, 2.75) is 13.0 Å². The number of rotatable bonds is 3. The Labute approximate surface area is 108 Å². The predicted octanol–water partition coefficient (Wildman–Crippen LogP) is -0.146. The number of nitrogens with two attached hydrogens (primary N) is 1. The fourth-order valence-electron chi connectivity index (χ4n) is 2.24. The molecule has 18 heavy (non-hydrogen) atoms. The van der Waals surface area contributed by atoms with E-state index >= 15 is 0 Å². The van der Waals surface area contributed by atoms with Crippen LogP contribution in [0.3, 0.4) is 0 Å². The minimum atomic E-state index is 0.622. The van der Waals surface area contributed by atoms with Crippen LogP contribution in [0, 0.1) is 12.5 Å². The van der Waals surface area contributed by atoms with Crippen molar-refractivity contribution < 1.29 is 4.74 Å². The first-order valence-electron chi connectivity index (χ1n) is 6.24. The Balaban J connectivity index is 1.88. The van der Waals surface area contributed by atoms with E-state index in [9.17, 15) is 0 Å². The number of aliphatic imine (C=N–C) groups is 1. The lowest BCUT2D eigenvalue weighted by Gasteiger charge is -2.43. The molecular weight excluding hydrogens is 228 g/mol. The van der Waals surface area contributed by atoms with Gasteiger partial charge in [-0.1, -0.05) is 6.42 Å². The maximum atomic E-state index is 5.93. The second-order valence-electron chi connectivity index (χ2n) is 4.64. The maximum Gasteiger partial charge on any atom is 0.0700 e. The summed E-state index contributed by atoms with van der Waals surface area (Å²) in [4.78, 5) is 8.49. The van der Waals surface area contributed by atoms with Gasteiger partial charge >= 0.3 is 0 Å². The Morgan fingerprint density at radius 2 is 2.06 bits per heavy atom. The van der Waals surface area contributed by atoms with Gasteiger partial charge in [-0.2, -0.15) is 0 Å². The van der Waals surface area contributed by atoms with Gasteiger partial charge in [0, 0.05) is 37.9 Å². The molecule has 0 amide bonds. The molecule has 0 bridgehead atoms. The van der Waals surface area contributed by atoms with Gasteiger partial charge in [-0.05, 0) is 6.92 Å². The summed E-state index contributed by atoms with van der Waals surface area (Å²) in [5.41, 5.74) is 7.63. The average Bonchev–Trinajstić information content (AvgIpc) is 2.34. The van der Waals surface area contributed by atoms with Crippen LogP contribution < -0.4 is 5.73 Å². The van der Waals surface area contributed by atoms with E-state index in [-0.39, 0.29) is 0 Å². The number of nitrogens with zero attached hydrogens (tertiary/aromatic N) is 3. The summed E-state index contributed by atoms with van der Waals surface area (Å²) in [6.45, 7) is 7.88. The van der Waals surface area contributed by atoms with Crippen LogP contribution in [0.2, 0.25) is 0 Å². The highest BCUT2D eigenvalue weighted by Crippen LogP contribution is 2.16. The number of hydrogen-bond acceptors (Lipinski definition) is 5. The molecule has 0 aromatic rings. The molecule has 0 aliphatic carbocycles. The monoisotopic (exact) mass is 248 g/mol. The molecule has 0 aromatic heterocycles. The summed E-state index contributed by atoms with van der Waals surface area (Å²) in [5, 5.41) is 0. The van der Waals surface area contributed by atoms with E-state index in [2.05, 4.69) is 20.8 Å². The fourth-order valence-corrected chi connectivity index (χ4v) is 2.24. The molecule has 2 aliphatic rings. The van der Waals surface area contributed by atoms with Gasteiger partial charge < -0.3 is 15.4 Å². The van der Waals surface area contributed by atoms with E-state index in [1.807, 2.05) is 6.92 Å². The smallest absolute Gasteiger partial charge is 0.0700 e. The summed E-state index contributed by atoms with van der Waals surface area (Å²) < 4.78 is 5.22. The first-order chi connectivity index (χ1) is 8.72. The van der Waals surface area contributed by atoms with E-state index < -0.39 is 0 Å². The lowest BCUT2D eigenvalue weighted by molar-refractivity contribution is -0.0747. The second-order valence-corrected chi connectivity index (χ2v) is 4.64. The Bertz CT molecular complexity index is 384. The van der Waals surface area contributed by atoms with Crippen LogP contribution in [0.5, 0.6) is 0 Å². The van der Waals surface area contributed by atoms with Crippen LogP contribution in [0.15, 0.2) is 16.4 Å². The van der Waals surface area contributed by atoms with Crippen LogP contribution in [-0.4, -0.2) is 61.4 Å². The van der Waals surface area contributed by atoms with E-state index in [4.69, 9.17) is 16.9 Å². The molecule has 0 unspecified atom stereocenters. The molecular formula is C13H20N4O. The highest BCUT2D eigenvalue weighted by Gasteiger charge is 2.28. The van der Waals surface area contributed by atoms with Crippen molar-refractivity contribution in [2.75, 3.05) is 39.4 Å². The quantitative estimate of drug-likeness (QED) is 0.558. The molecule has 0 spiro atoms. The molecule has 5 nitrogen and oxygen atoms in total. The highest BCUT2D eigenvalue weighted by atomic mass is 16.5. The summed E-state index contributed by atoms with van der Waals surface area (Å²) in [5.74, 6) is 0. The van der Waals surface area contributed by atoms with Gasteiger partial charge in [-0.3, -0.25) is 4.90 Å². The fraction of sp³-hybridized carbons (Fsp3) is 0.615. The van der Waals surface area contributed by atoms with Gasteiger partial charge in [-0.15, -0.1) is 0 Å². The molecule has 2 heterocycles. The van der Waals surface area contributed by atoms with Gasteiger partial charge in [-0.25, -0.2) is 4.99 Å². The molecule has 5 heteroatoms. The molecule has 2 N–H and O–H groups in total. The van der Waals surface area contributed by atoms with Gasteiger partial charge in [0.1, 0.15) is 0 Å². The molecule has 0 aromatic carbocycles. The predicted molar refractivity (Wildman–Crippen MR) is 72.0 cm³/mol. The summed E-state index contributed by atoms with van der Waals surface area (Å²) in [7, 11) is 0. The van der Waals surface area contributed by atoms with Gasteiger partial charge in [0.15, 0.2) is 0 Å². The number of hydrogen-bond donors (Lipinski definition) is 1. The number of allylic oxidation sites excluding steroid dienone is 2. The molecule has 2 saturated heterocycles. The van der Waals surface area contributed by atoms with E-state index in [1.54, 1.807) is 6.21 Å². The molecule has 0 radical (unpaired) electrons. The number of piperazine rings is 1. The zero-order chi connectivity index (χ0) is 13.0. The van der Waals surface area contributed by atoms with Crippen molar-refractivity contribution in [1.82, 2.24) is 9.80 Å². The normalized spacial score (nSPS) is 23.7. The lowest BCUT2D eigenvalue weighted by Crippen LogP contribution is -2.56. The summed E-state index contributed by atoms with van der Waals surface area (Å²) in [6.07, 6.45) is 6.61.